The molecule has 1 aromatic rings. The van der Waals surface area contributed by atoms with Crippen molar-refractivity contribution in [1.82, 2.24) is 4.90 Å². The number of esters is 1. The summed E-state index contributed by atoms with van der Waals surface area (Å²) in [6, 6.07) is 0. The summed E-state index contributed by atoms with van der Waals surface area (Å²) in [4.78, 5) is 31.9. The van der Waals surface area contributed by atoms with Crippen LogP contribution < -0.4 is 0 Å². The van der Waals surface area contributed by atoms with Gasteiger partial charge in [0.15, 0.2) is 5.17 Å². The van der Waals surface area contributed by atoms with E-state index in [1.165, 1.54) is 16.6 Å². The van der Waals surface area contributed by atoms with Crippen LogP contribution in [-0.4, -0.2) is 40.8 Å². The van der Waals surface area contributed by atoms with Gasteiger partial charge in [-0.3, -0.25) is 9.69 Å². The first-order valence-corrected chi connectivity index (χ1v) is 9.90. The Balaban J connectivity index is 2.02. The number of carbonyl (C=O) groups is 2. The van der Waals surface area contributed by atoms with Gasteiger partial charge < -0.3 is 4.74 Å². The van der Waals surface area contributed by atoms with Gasteiger partial charge in [0.1, 0.15) is 5.00 Å². The molecule has 1 fully saturated rings. The predicted octanol–water partition coefficient (Wildman–Crippen LogP) is 3.55. The Morgan fingerprint density at radius 2 is 2.21 bits per heavy atom. The maximum atomic E-state index is 12.5. The van der Waals surface area contributed by atoms with Crippen LogP contribution >= 0.6 is 23.1 Å². The summed E-state index contributed by atoms with van der Waals surface area (Å²) in [5.41, 5.74) is 1.69. The van der Waals surface area contributed by atoms with E-state index in [0.29, 0.717) is 34.6 Å². The molecule has 1 amide bonds. The minimum Gasteiger partial charge on any atom is -0.462 e. The maximum Gasteiger partial charge on any atom is 0.341 e. The predicted molar refractivity (Wildman–Crippen MR) is 98.4 cm³/mol. The summed E-state index contributed by atoms with van der Waals surface area (Å²) >= 11 is 2.97. The summed E-state index contributed by atoms with van der Waals surface area (Å²) in [6.45, 7) is 6.28. The molecule has 0 unspecified atom stereocenters. The lowest BCUT2D eigenvalue weighted by molar-refractivity contribution is -0.123. The van der Waals surface area contributed by atoms with Gasteiger partial charge in [-0.05, 0) is 38.2 Å². The zero-order valence-electron chi connectivity index (χ0n) is 13.7. The lowest BCUT2D eigenvalue weighted by Crippen LogP contribution is -2.29. The van der Waals surface area contributed by atoms with Gasteiger partial charge in [0.2, 0.25) is 5.91 Å². The Kier molecular flexibility index (Phi) is 5.40. The summed E-state index contributed by atoms with van der Waals surface area (Å²) in [6.07, 6.45) is 5.79. The molecule has 1 aliphatic carbocycles. The van der Waals surface area contributed by atoms with E-state index in [-0.39, 0.29) is 11.9 Å². The number of aliphatic imine (C=N–C) groups is 1. The number of hydrogen-bond donors (Lipinski definition) is 0. The molecule has 2 aliphatic rings. The fourth-order valence-corrected chi connectivity index (χ4v) is 5.12. The third kappa shape index (κ3) is 3.28. The van der Waals surface area contributed by atoms with Crippen LogP contribution in [0.5, 0.6) is 0 Å². The van der Waals surface area contributed by atoms with Crippen molar-refractivity contribution < 1.29 is 14.3 Å². The average Bonchev–Trinajstić information content (AvgIpc) is 3.10. The van der Waals surface area contributed by atoms with Crippen LogP contribution in [0.25, 0.3) is 0 Å². The van der Waals surface area contributed by atoms with E-state index in [1.54, 1.807) is 29.2 Å². The molecule has 0 radical (unpaired) electrons. The second kappa shape index (κ2) is 7.53. The van der Waals surface area contributed by atoms with E-state index in [2.05, 4.69) is 11.6 Å². The monoisotopic (exact) mass is 364 g/mol. The largest absolute Gasteiger partial charge is 0.462 e. The standard InChI is InChI=1S/C17H20N2O3S2/c1-3-9-19-13(20)10-23-17(19)18-15-14(16(21)22-4-2)11-7-5-6-8-12(11)24-15/h3H,1,4-10H2,2H3/b18-17-. The lowest BCUT2D eigenvalue weighted by atomic mass is 9.95. The van der Waals surface area contributed by atoms with Gasteiger partial charge in [-0.2, -0.15) is 0 Å². The second-order valence-corrected chi connectivity index (χ2v) is 7.61. The van der Waals surface area contributed by atoms with Gasteiger partial charge in [-0.25, -0.2) is 9.79 Å². The highest BCUT2D eigenvalue weighted by Crippen LogP contribution is 2.41. The average molecular weight is 364 g/mol. The normalized spacial score (nSPS) is 18.8. The SMILES string of the molecule is C=CCN1C(=O)CS/C1=N\c1sc2c(c1C(=O)OCC)CCCC2. The number of thiophene rings is 1. The van der Waals surface area contributed by atoms with Gasteiger partial charge in [-0.15, -0.1) is 17.9 Å². The van der Waals surface area contributed by atoms with Crippen LogP contribution in [0.2, 0.25) is 0 Å². The molecule has 7 heteroatoms. The summed E-state index contributed by atoms with van der Waals surface area (Å²) < 4.78 is 5.25. The van der Waals surface area contributed by atoms with Gasteiger partial charge in [0.05, 0.1) is 17.9 Å². The highest BCUT2D eigenvalue weighted by atomic mass is 32.2. The number of aryl methyl sites for hydroxylation is 1. The minimum absolute atomic E-state index is 0.0256. The zero-order valence-corrected chi connectivity index (χ0v) is 15.3. The van der Waals surface area contributed by atoms with Crippen molar-refractivity contribution in [3.63, 3.8) is 0 Å². The number of amides is 1. The Labute approximate surface area is 149 Å². The Bertz CT molecular complexity index is 709. The molecule has 0 aromatic carbocycles. The molecule has 1 saturated heterocycles. The molecule has 24 heavy (non-hydrogen) atoms. The summed E-state index contributed by atoms with van der Waals surface area (Å²) in [5, 5.41) is 1.32. The maximum absolute atomic E-state index is 12.5. The fourth-order valence-electron chi connectivity index (χ4n) is 2.92. The molecule has 2 heterocycles. The molecule has 128 valence electrons. The van der Waals surface area contributed by atoms with Gasteiger partial charge in [-0.1, -0.05) is 17.8 Å². The van der Waals surface area contributed by atoms with E-state index in [9.17, 15) is 9.59 Å². The van der Waals surface area contributed by atoms with Crippen LogP contribution in [-0.2, 0) is 22.4 Å². The van der Waals surface area contributed by atoms with Crippen molar-refractivity contribution in [2.75, 3.05) is 18.9 Å². The fraction of sp³-hybridized carbons (Fsp3) is 0.471. The number of thioether (sulfide) groups is 1. The molecule has 1 aromatic heterocycles. The zero-order chi connectivity index (χ0) is 17.1. The molecular formula is C17H20N2O3S2. The van der Waals surface area contributed by atoms with E-state index < -0.39 is 0 Å². The van der Waals surface area contributed by atoms with Crippen molar-refractivity contribution in [3.05, 3.63) is 28.7 Å². The number of rotatable bonds is 5. The third-order valence-corrected chi connectivity index (χ3v) is 6.14. The number of ether oxygens (including phenoxy) is 1. The lowest BCUT2D eigenvalue weighted by Gasteiger charge is -2.13. The molecule has 3 rings (SSSR count). The molecular weight excluding hydrogens is 344 g/mol. The first-order valence-electron chi connectivity index (χ1n) is 8.10. The summed E-state index contributed by atoms with van der Waals surface area (Å²) in [5.74, 6) is 0.102. The van der Waals surface area contributed by atoms with Gasteiger partial charge in [0, 0.05) is 11.4 Å². The van der Waals surface area contributed by atoms with E-state index in [1.807, 2.05) is 0 Å². The van der Waals surface area contributed by atoms with Gasteiger partial charge in [0.25, 0.3) is 0 Å². The topological polar surface area (TPSA) is 59.0 Å². The third-order valence-electron chi connectivity index (χ3n) is 4.00. The van der Waals surface area contributed by atoms with Crippen LogP contribution in [0.4, 0.5) is 5.00 Å². The Morgan fingerprint density at radius 3 is 2.96 bits per heavy atom. The van der Waals surface area contributed by atoms with Crippen LogP contribution in [0, 0.1) is 0 Å². The van der Waals surface area contributed by atoms with Crippen molar-refractivity contribution >= 4 is 45.1 Å². The van der Waals surface area contributed by atoms with Gasteiger partial charge >= 0.3 is 5.97 Å². The number of nitrogens with zero attached hydrogens (tertiary/aromatic N) is 2. The number of amidine groups is 1. The van der Waals surface area contributed by atoms with Crippen LogP contribution in [0.1, 0.15) is 40.6 Å². The number of carbonyl (C=O) groups excluding carboxylic acids is 2. The molecule has 0 N–H and O–H groups in total. The molecule has 0 spiro atoms. The van der Waals surface area contributed by atoms with E-state index in [0.717, 1.165) is 31.2 Å². The van der Waals surface area contributed by atoms with Crippen molar-refractivity contribution in [1.29, 1.82) is 0 Å². The smallest absolute Gasteiger partial charge is 0.341 e. The first kappa shape index (κ1) is 17.2. The highest BCUT2D eigenvalue weighted by Gasteiger charge is 2.30. The van der Waals surface area contributed by atoms with Crippen molar-refractivity contribution in [2.45, 2.75) is 32.6 Å². The first-order chi connectivity index (χ1) is 11.7. The molecule has 5 nitrogen and oxygen atoms in total. The van der Waals surface area contributed by atoms with E-state index >= 15 is 0 Å². The second-order valence-electron chi connectivity index (χ2n) is 5.59. The van der Waals surface area contributed by atoms with E-state index in [4.69, 9.17) is 4.74 Å². The Hall–Kier alpha value is -1.60. The molecule has 1 aliphatic heterocycles. The molecule has 0 bridgehead atoms. The highest BCUT2D eigenvalue weighted by molar-refractivity contribution is 8.15. The quantitative estimate of drug-likeness (QED) is 0.592. The van der Waals surface area contributed by atoms with Crippen LogP contribution in [0.15, 0.2) is 17.6 Å². The molecule has 0 atom stereocenters. The van der Waals surface area contributed by atoms with Crippen molar-refractivity contribution in [3.8, 4) is 0 Å². The Morgan fingerprint density at radius 1 is 1.42 bits per heavy atom. The number of fused-ring (bicyclic) bond motifs is 1. The van der Waals surface area contributed by atoms with Crippen molar-refractivity contribution in [2.24, 2.45) is 4.99 Å². The minimum atomic E-state index is -0.305. The summed E-state index contributed by atoms with van der Waals surface area (Å²) in [7, 11) is 0. The number of hydrogen-bond acceptors (Lipinski definition) is 6. The molecule has 0 saturated carbocycles. The van der Waals surface area contributed by atoms with Crippen LogP contribution in [0.3, 0.4) is 0 Å².